The van der Waals surface area contributed by atoms with Crippen LogP contribution >= 0.6 is 0 Å². The average Bonchev–Trinajstić information content (AvgIpc) is 3.10. The van der Waals surface area contributed by atoms with Crippen LogP contribution in [0, 0.1) is 5.92 Å². The molecular weight excluding hydrogens is 334 g/mol. The molecule has 1 aromatic heterocycles. The highest BCUT2D eigenvalue weighted by Crippen LogP contribution is 2.23. The fourth-order valence-electron chi connectivity index (χ4n) is 3.44. The smallest absolute Gasteiger partial charge is 0.191 e. The minimum absolute atomic E-state index is 0.683. The van der Waals surface area contributed by atoms with Gasteiger partial charge in [-0.15, -0.1) is 0 Å². The molecule has 146 valence electrons. The van der Waals surface area contributed by atoms with Crippen molar-refractivity contribution < 1.29 is 0 Å². The molecule has 1 saturated heterocycles. The Balaban J connectivity index is 1.53. The van der Waals surface area contributed by atoms with Crippen molar-refractivity contribution in [1.82, 2.24) is 15.2 Å². The molecule has 0 spiro atoms. The molecule has 0 radical (unpaired) electrons. The molecule has 0 atom stereocenters. The number of hydrogen-bond donors (Lipinski definition) is 2. The summed E-state index contributed by atoms with van der Waals surface area (Å²) in [6, 6.07) is 11.1. The number of guanidine groups is 1. The molecule has 0 unspecified atom stereocenters. The van der Waals surface area contributed by atoms with Crippen LogP contribution in [-0.4, -0.2) is 30.2 Å². The van der Waals surface area contributed by atoms with Gasteiger partial charge in [0.15, 0.2) is 5.96 Å². The normalized spacial score (nSPS) is 15.8. The van der Waals surface area contributed by atoms with E-state index in [4.69, 9.17) is 0 Å². The molecule has 27 heavy (non-hydrogen) atoms. The first kappa shape index (κ1) is 19.3. The highest BCUT2D eigenvalue weighted by atomic mass is 15.2. The van der Waals surface area contributed by atoms with Gasteiger partial charge in [-0.1, -0.05) is 19.1 Å². The second kappa shape index (κ2) is 9.49. The van der Waals surface area contributed by atoms with Gasteiger partial charge in [-0.05, 0) is 55.0 Å². The molecular formula is C22H33N5. The number of rotatable bonds is 6. The van der Waals surface area contributed by atoms with Gasteiger partial charge in [0, 0.05) is 51.3 Å². The Labute approximate surface area is 163 Å². The predicted molar refractivity (Wildman–Crippen MR) is 114 cm³/mol. The fraction of sp³-hybridized carbons (Fsp3) is 0.500. The minimum Gasteiger partial charge on any atom is -0.372 e. The number of nitrogens with zero attached hydrogens (tertiary/aromatic N) is 3. The zero-order valence-electron chi connectivity index (χ0n) is 16.9. The predicted octanol–water partition coefficient (Wildman–Crippen LogP) is 3.52. The number of anilines is 1. The highest BCUT2D eigenvalue weighted by molar-refractivity contribution is 5.79. The van der Waals surface area contributed by atoms with Crippen molar-refractivity contribution in [2.24, 2.45) is 18.0 Å². The molecule has 2 N–H and O–H groups in total. The zero-order chi connectivity index (χ0) is 19.1. The van der Waals surface area contributed by atoms with Crippen LogP contribution in [-0.2, 0) is 20.1 Å². The highest BCUT2D eigenvalue weighted by Gasteiger charge is 2.15. The lowest BCUT2D eigenvalue weighted by atomic mass is 9.99. The van der Waals surface area contributed by atoms with Gasteiger partial charge in [0.1, 0.15) is 0 Å². The van der Waals surface area contributed by atoms with Gasteiger partial charge in [0.05, 0.1) is 6.54 Å². The lowest BCUT2D eigenvalue weighted by Crippen LogP contribution is -2.36. The Morgan fingerprint density at radius 1 is 1.07 bits per heavy atom. The number of benzene rings is 1. The summed E-state index contributed by atoms with van der Waals surface area (Å²) in [5.41, 5.74) is 3.83. The largest absolute Gasteiger partial charge is 0.372 e. The quantitative estimate of drug-likeness (QED) is 0.607. The Morgan fingerprint density at radius 2 is 1.81 bits per heavy atom. The van der Waals surface area contributed by atoms with E-state index in [1.807, 2.05) is 7.05 Å². The van der Waals surface area contributed by atoms with Crippen molar-refractivity contribution in [2.75, 3.05) is 24.5 Å². The average molecular weight is 368 g/mol. The van der Waals surface area contributed by atoms with Gasteiger partial charge in [0.25, 0.3) is 0 Å². The molecule has 2 aromatic rings. The van der Waals surface area contributed by atoms with Crippen molar-refractivity contribution in [2.45, 2.75) is 39.8 Å². The second-order valence-corrected chi connectivity index (χ2v) is 7.57. The maximum atomic E-state index is 4.68. The molecule has 1 aliphatic rings. The van der Waals surface area contributed by atoms with E-state index in [-0.39, 0.29) is 0 Å². The van der Waals surface area contributed by atoms with Crippen molar-refractivity contribution in [3.63, 3.8) is 0 Å². The lowest BCUT2D eigenvalue weighted by molar-refractivity contribution is 0.438. The summed E-state index contributed by atoms with van der Waals surface area (Å²) in [6.45, 7) is 9.11. The van der Waals surface area contributed by atoms with Crippen LogP contribution in [0.15, 0.2) is 47.7 Å². The molecule has 0 aliphatic carbocycles. The van der Waals surface area contributed by atoms with Crippen LogP contribution in [0.5, 0.6) is 0 Å². The van der Waals surface area contributed by atoms with Gasteiger partial charge >= 0.3 is 0 Å². The number of aromatic nitrogens is 1. The van der Waals surface area contributed by atoms with E-state index < -0.39 is 0 Å². The van der Waals surface area contributed by atoms with E-state index >= 15 is 0 Å². The van der Waals surface area contributed by atoms with E-state index in [0.717, 1.165) is 25.0 Å². The second-order valence-electron chi connectivity index (χ2n) is 7.57. The summed E-state index contributed by atoms with van der Waals surface area (Å²) in [5, 5.41) is 6.76. The van der Waals surface area contributed by atoms with Crippen molar-refractivity contribution >= 4 is 11.6 Å². The third kappa shape index (κ3) is 5.78. The Bertz CT molecular complexity index is 723. The Morgan fingerprint density at radius 3 is 2.44 bits per heavy atom. The number of nitrogens with one attached hydrogen (secondary N) is 2. The van der Waals surface area contributed by atoms with Gasteiger partial charge in [-0.25, -0.2) is 4.99 Å². The molecule has 0 amide bonds. The molecule has 2 heterocycles. The molecule has 5 nitrogen and oxygen atoms in total. The van der Waals surface area contributed by atoms with E-state index in [0.29, 0.717) is 6.54 Å². The third-order valence-electron chi connectivity index (χ3n) is 5.20. The molecule has 3 rings (SSSR count). The standard InChI is InChI=1S/C22H33N5/c1-4-23-22(25-16-20-11-12-26(3)17-20)24-15-19-5-7-21(8-6-19)27-13-9-18(2)10-14-27/h5-8,11-12,17-18H,4,9-10,13-16H2,1-3H3,(H2,23,24,25). The SMILES string of the molecule is CCNC(=NCc1ccn(C)c1)NCc1ccc(N2CCC(C)CC2)cc1. The monoisotopic (exact) mass is 367 g/mol. The van der Waals surface area contributed by atoms with Crippen LogP contribution in [0.1, 0.15) is 37.8 Å². The number of piperidine rings is 1. The number of hydrogen-bond acceptors (Lipinski definition) is 2. The van der Waals surface area contributed by atoms with Crippen LogP contribution in [0.25, 0.3) is 0 Å². The van der Waals surface area contributed by atoms with Gasteiger partial charge in [-0.2, -0.15) is 0 Å². The summed E-state index contributed by atoms with van der Waals surface area (Å²) in [6.07, 6.45) is 6.75. The Kier molecular flexibility index (Phi) is 6.80. The maximum Gasteiger partial charge on any atom is 0.191 e. The summed E-state index contributed by atoms with van der Waals surface area (Å²) >= 11 is 0. The lowest BCUT2D eigenvalue weighted by Gasteiger charge is -2.32. The van der Waals surface area contributed by atoms with E-state index in [1.165, 1.54) is 42.7 Å². The van der Waals surface area contributed by atoms with E-state index in [1.54, 1.807) is 0 Å². The number of aryl methyl sites for hydroxylation is 1. The van der Waals surface area contributed by atoms with Gasteiger partial charge < -0.3 is 20.1 Å². The maximum absolute atomic E-state index is 4.68. The van der Waals surface area contributed by atoms with E-state index in [2.05, 4.69) is 81.7 Å². The minimum atomic E-state index is 0.683. The zero-order valence-corrected chi connectivity index (χ0v) is 16.9. The number of aliphatic imine (C=N–C) groups is 1. The molecule has 0 bridgehead atoms. The molecule has 1 fully saturated rings. The summed E-state index contributed by atoms with van der Waals surface area (Å²) in [4.78, 5) is 7.19. The first-order chi connectivity index (χ1) is 13.1. The van der Waals surface area contributed by atoms with Crippen LogP contribution in [0.4, 0.5) is 5.69 Å². The van der Waals surface area contributed by atoms with Crippen molar-refractivity contribution in [3.8, 4) is 0 Å². The third-order valence-corrected chi connectivity index (χ3v) is 5.20. The summed E-state index contributed by atoms with van der Waals surface area (Å²) in [7, 11) is 2.03. The molecule has 1 aromatic carbocycles. The van der Waals surface area contributed by atoms with E-state index in [9.17, 15) is 0 Å². The van der Waals surface area contributed by atoms with Crippen LogP contribution in [0.2, 0.25) is 0 Å². The van der Waals surface area contributed by atoms with Crippen molar-refractivity contribution in [1.29, 1.82) is 0 Å². The molecule has 0 saturated carbocycles. The van der Waals surface area contributed by atoms with Gasteiger partial charge in [0.2, 0.25) is 0 Å². The van der Waals surface area contributed by atoms with Crippen LogP contribution in [0.3, 0.4) is 0 Å². The first-order valence-corrected chi connectivity index (χ1v) is 10.1. The van der Waals surface area contributed by atoms with Crippen molar-refractivity contribution in [3.05, 3.63) is 53.9 Å². The summed E-state index contributed by atoms with van der Waals surface area (Å²) in [5.74, 6) is 1.72. The molecule has 1 aliphatic heterocycles. The summed E-state index contributed by atoms with van der Waals surface area (Å²) < 4.78 is 2.05. The molecule has 5 heteroatoms. The fourth-order valence-corrected chi connectivity index (χ4v) is 3.44. The topological polar surface area (TPSA) is 44.6 Å². The van der Waals surface area contributed by atoms with Crippen LogP contribution < -0.4 is 15.5 Å². The first-order valence-electron chi connectivity index (χ1n) is 10.1. The Hall–Kier alpha value is -2.43. The van der Waals surface area contributed by atoms with Gasteiger partial charge in [-0.3, -0.25) is 0 Å².